The number of rotatable bonds is 1. The Morgan fingerprint density at radius 1 is 1.36 bits per heavy atom. The fourth-order valence-corrected chi connectivity index (χ4v) is 1.25. The molecule has 0 saturated carbocycles. The van der Waals surface area contributed by atoms with Crippen molar-refractivity contribution < 1.29 is 4.39 Å². The lowest BCUT2D eigenvalue weighted by Crippen LogP contribution is -2.00. The van der Waals surface area contributed by atoms with Gasteiger partial charge in [-0.15, -0.1) is 0 Å². The van der Waals surface area contributed by atoms with Crippen molar-refractivity contribution in [2.75, 3.05) is 5.73 Å². The van der Waals surface area contributed by atoms with Crippen LogP contribution < -0.4 is 5.73 Å². The first-order chi connectivity index (χ1) is 6.66. The molecule has 14 heavy (non-hydrogen) atoms. The number of aromatic nitrogens is 2. The van der Waals surface area contributed by atoms with Gasteiger partial charge in [0.1, 0.15) is 11.5 Å². The van der Waals surface area contributed by atoms with Crippen LogP contribution in [0.2, 0.25) is 0 Å². The number of hydrogen-bond acceptors (Lipinski definition) is 2. The normalized spacial score (nSPS) is 10.4. The first-order valence-electron chi connectivity index (χ1n) is 4.24. The summed E-state index contributed by atoms with van der Waals surface area (Å²) in [7, 11) is 0. The van der Waals surface area contributed by atoms with Gasteiger partial charge in [0.15, 0.2) is 0 Å². The van der Waals surface area contributed by atoms with Gasteiger partial charge in [0.05, 0.1) is 5.69 Å². The summed E-state index contributed by atoms with van der Waals surface area (Å²) >= 11 is 0. The standard InChI is InChI=1S/C10H10FN3/c1-7-4-5-14(13-7)10-6-8(12)2-3-9(10)11/h2-6H,12H2,1H3. The van der Waals surface area contributed by atoms with Gasteiger partial charge >= 0.3 is 0 Å². The topological polar surface area (TPSA) is 43.8 Å². The van der Waals surface area contributed by atoms with E-state index in [1.807, 2.05) is 13.0 Å². The summed E-state index contributed by atoms with van der Waals surface area (Å²) < 4.78 is 14.8. The van der Waals surface area contributed by atoms with Crippen molar-refractivity contribution in [2.45, 2.75) is 6.92 Å². The predicted octanol–water partition coefficient (Wildman–Crippen LogP) is 1.90. The third-order valence-corrected chi connectivity index (χ3v) is 1.94. The van der Waals surface area contributed by atoms with Crippen LogP contribution in [0.1, 0.15) is 5.69 Å². The zero-order chi connectivity index (χ0) is 10.1. The summed E-state index contributed by atoms with van der Waals surface area (Å²) in [6.07, 6.45) is 1.70. The van der Waals surface area contributed by atoms with Crippen molar-refractivity contribution in [3.63, 3.8) is 0 Å². The molecular weight excluding hydrogens is 181 g/mol. The Kier molecular flexibility index (Phi) is 1.96. The second kappa shape index (κ2) is 3.14. The van der Waals surface area contributed by atoms with Crippen LogP contribution in [0, 0.1) is 12.7 Å². The molecule has 2 rings (SSSR count). The van der Waals surface area contributed by atoms with Gasteiger partial charge in [-0.1, -0.05) is 0 Å². The van der Waals surface area contributed by atoms with Gasteiger partial charge < -0.3 is 5.73 Å². The Hall–Kier alpha value is -1.84. The van der Waals surface area contributed by atoms with E-state index in [9.17, 15) is 4.39 Å². The summed E-state index contributed by atoms with van der Waals surface area (Å²) in [6, 6.07) is 6.22. The van der Waals surface area contributed by atoms with Crippen molar-refractivity contribution in [2.24, 2.45) is 0 Å². The van der Waals surface area contributed by atoms with Crippen LogP contribution in [0.4, 0.5) is 10.1 Å². The van der Waals surface area contributed by atoms with Gasteiger partial charge in [0.25, 0.3) is 0 Å². The number of nitrogens with two attached hydrogens (primary N) is 1. The Morgan fingerprint density at radius 2 is 2.14 bits per heavy atom. The molecule has 0 bridgehead atoms. The molecular formula is C10H10FN3. The second-order valence-electron chi connectivity index (χ2n) is 3.11. The molecule has 0 fully saturated rings. The Bertz CT molecular complexity index is 462. The lowest BCUT2D eigenvalue weighted by atomic mass is 10.3. The highest BCUT2D eigenvalue weighted by molar-refractivity contribution is 5.48. The number of halogens is 1. The molecule has 1 aromatic heterocycles. The predicted molar refractivity (Wildman–Crippen MR) is 52.7 cm³/mol. The Labute approximate surface area is 81.0 Å². The van der Waals surface area contributed by atoms with Crippen molar-refractivity contribution in [3.8, 4) is 5.69 Å². The van der Waals surface area contributed by atoms with Crippen LogP contribution >= 0.6 is 0 Å². The van der Waals surface area contributed by atoms with Crippen molar-refractivity contribution in [1.82, 2.24) is 9.78 Å². The average molecular weight is 191 g/mol. The van der Waals surface area contributed by atoms with Crippen molar-refractivity contribution >= 4 is 5.69 Å². The Morgan fingerprint density at radius 3 is 2.79 bits per heavy atom. The van der Waals surface area contributed by atoms with E-state index in [1.54, 1.807) is 12.3 Å². The molecule has 1 aromatic carbocycles. The van der Waals surface area contributed by atoms with Crippen molar-refractivity contribution in [1.29, 1.82) is 0 Å². The molecule has 0 aliphatic rings. The van der Waals surface area contributed by atoms with Gasteiger partial charge in [0, 0.05) is 11.9 Å². The molecule has 0 saturated heterocycles. The van der Waals surface area contributed by atoms with E-state index in [0.29, 0.717) is 11.4 Å². The van der Waals surface area contributed by atoms with Gasteiger partial charge in [0.2, 0.25) is 0 Å². The number of aryl methyl sites for hydroxylation is 1. The minimum absolute atomic E-state index is 0.331. The summed E-state index contributed by atoms with van der Waals surface area (Å²) in [6.45, 7) is 1.85. The van der Waals surface area contributed by atoms with Gasteiger partial charge in [-0.2, -0.15) is 5.10 Å². The van der Waals surface area contributed by atoms with Crippen LogP contribution in [0.25, 0.3) is 5.69 Å². The molecule has 0 spiro atoms. The molecule has 0 aliphatic heterocycles. The van der Waals surface area contributed by atoms with Crippen LogP contribution in [-0.4, -0.2) is 9.78 Å². The quantitative estimate of drug-likeness (QED) is 0.699. The molecule has 0 aliphatic carbocycles. The van der Waals surface area contributed by atoms with Crippen LogP contribution in [0.5, 0.6) is 0 Å². The summed E-state index contributed by atoms with van der Waals surface area (Å²) in [5.41, 5.74) is 7.30. The molecule has 0 unspecified atom stereocenters. The molecule has 1 heterocycles. The first-order valence-corrected chi connectivity index (χ1v) is 4.24. The largest absolute Gasteiger partial charge is 0.399 e. The van der Waals surface area contributed by atoms with Crippen molar-refractivity contribution in [3.05, 3.63) is 42.0 Å². The van der Waals surface area contributed by atoms with Gasteiger partial charge in [-0.3, -0.25) is 0 Å². The highest BCUT2D eigenvalue weighted by Gasteiger charge is 2.05. The molecule has 0 amide bonds. The van der Waals surface area contributed by atoms with E-state index in [1.165, 1.54) is 16.8 Å². The zero-order valence-electron chi connectivity index (χ0n) is 7.74. The number of anilines is 1. The molecule has 72 valence electrons. The SMILES string of the molecule is Cc1ccn(-c2cc(N)ccc2F)n1. The van der Waals surface area contributed by atoms with E-state index >= 15 is 0 Å². The van der Waals surface area contributed by atoms with Gasteiger partial charge in [-0.25, -0.2) is 9.07 Å². The molecule has 0 radical (unpaired) electrons. The van der Waals surface area contributed by atoms with Crippen LogP contribution in [-0.2, 0) is 0 Å². The summed E-state index contributed by atoms with van der Waals surface area (Å²) in [5, 5.41) is 4.10. The van der Waals surface area contributed by atoms with E-state index in [4.69, 9.17) is 5.73 Å². The molecule has 4 heteroatoms. The van der Waals surface area contributed by atoms with E-state index in [0.717, 1.165) is 5.69 Å². The maximum atomic E-state index is 13.3. The van der Waals surface area contributed by atoms with E-state index in [-0.39, 0.29) is 5.82 Å². The fourth-order valence-electron chi connectivity index (χ4n) is 1.25. The highest BCUT2D eigenvalue weighted by atomic mass is 19.1. The zero-order valence-corrected chi connectivity index (χ0v) is 7.74. The fraction of sp³-hybridized carbons (Fsp3) is 0.100. The highest BCUT2D eigenvalue weighted by Crippen LogP contribution is 2.16. The van der Waals surface area contributed by atoms with Crippen LogP contribution in [0.15, 0.2) is 30.5 Å². The molecule has 2 aromatic rings. The minimum Gasteiger partial charge on any atom is -0.399 e. The number of benzene rings is 1. The number of nitrogens with zero attached hydrogens (tertiary/aromatic N) is 2. The van der Waals surface area contributed by atoms with E-state index in [2.05, 4.69) is 5.10 Å². The maximum absolute atomic E-state index is 13.3. The molecule has 2 N–H and O–H groups in total. The monoisotopic (exact) mass is 191 g/mol. The number of nitrogen functional groups attached to an aromatic ring is 1. The lowest BCUT2D eigenvalue weighted by Gasteiger charge is -2.03. The summed E-state index contributed by atoms with van der Waals surface area (Å²) in [4.78, 5) is 0. The summed E-state index contributed by atoms with van der Waals surface area (Å²) in [5.74, 6) is -0.331. The minimum atomic E-state index is -0.331. The number of hydrogen-bond donors (Lipinski definition) is 1. The molecule has 3 nitrogen and oxygen atoms in total. The van der Waals surface area contributed by atoms with Crippen LogP contribution in [0.3, 0.4) is 0 Å². The second-order valence-corrected chi connectivity index (χ2v) is 3.11. The average Bonchev–Trinajstić information content (AvgIpc) is 2.56. The third kappa shape index (κ3) is 1.46. The molecule has 0 atom stereocenters. The smallest absolute Gasteiger partial charge is 0.149 e. The Balaban J connectivity index is 2.55. The maximum Gasteiger partial charge on any atom is 0.149 e. The third-order valence-electron chi connectivity index (χ3n) is 1.94. The first kappa shape index (κ1) is 8.74. The lowest BCUT2D eigenvalue weighted by molar-refractivity contribution is 0.610. The van der Waals surface area contributed by atoms with E-state index < -0.39 is 0 Å². The van der Waals surface area contributed by atoms with Gasteiger partial charge in [-0.05, 0) is 31.2 Å².